The molecule has 130 valence electrons. The molecule has 4 heterocycles. The molecule has 25 heavy (non-hydrogen) atoms. The van der Waals surface area contributed by atoms with E-state index in [4.69, 9.17) is 21.1 Å². The standard InChI is InChI=1S/C17H19ClN6O/c18-10-3-4-12-11(7-10)15-19-5-6-23(15)17-13(20-8-24(12)17)14-21-16(25-22-14)9-1-2-9/h8-12H,1-7H2. The molecule has 0 aromatic carbocycles. The van der Waals surface area contributed by atoms with Gasteiger partial charge in [0.05, 0.1) is 12.9 Å². The second kappa shape index (κ2) is 5.06. The zero-order chi connectivity index (χ0) is 16.5. The van der Waals surface area contributed by atoms with Gasteiger partial charge in [0.25, 0.3) is 0 Å². The Kier molecular flexibility index (Phi) is 2.90. The maximum Gasteiger partial charge on any atom is 0.230 e. The Morgan fingerprint density at radius 1 is 1.20 bits per heavy atom. The van der Waals surface area contributed by atoms with E-state index in [1.54, 1.807) is 0 Å². The van der Waals surface area contributed by atoms with Gasteiger partial charge in [-0.05, 0) is 32.1 Å². The summed E-state index contributed by atoms with van der Waals surface area (Å²) in [6.45, 7) is 1.72. The largest absolute Gasteiger partial charge is 0.339 e. The number of hydrogen-bond acceptors (Lipinski definition) is 6. The number of aliphatic imine (C=N–C) groups is 1. The van der Waals surface area contributed by atoms with E-state index < -0.39 is 0 Å². The van der Waals surface area contributed by atoms with E-state index >= 15 is 0 Å². The quantitative estimate of drug-likeness (QED) is 0.772. The van der Waals surface area contributed by atoms with Gasteiger partial charge in [0, 0.05) is 29.8 Å². The second-order valence-corrected chi connectivity index (χ2v) is 8.15. The molecule has 2 aliphatic heterocycles. The molecule has 2 aliphatic carbocycles. The highest BCUT2D eigenvalue weighted by Gasteiger charge is 2.45. The first-order valence-corrected chi connectivity index (χ1v) is 9.60. The van der Waals surface area contributed by atoms with Crippen molar-refractivity contribution in [3.63, 3.8) is 0 Å². The highest BCUT2D eigenvalue weighted by atomic mass is 35.5. The average molecular weight is 359 g/mol. The van der Waals surface area contributed by atoms with Gasteiger partial charge >= 0.3 is 0 Å². The monoisotopic (exact) mass is 358 g/mol. The Morgan fingerprint density at radius 2 is 2.12 bits per heavy atom. The number of alkyl halides is 1. The number of halogens is 1. The van der Waals surface area contributed by atoms with E-state index in [2.05, 4.69) is 24.6 Å². The van der Waals surface area contributed by atoms with Crippen LogP contribution >= 0.6 is 11.6 Å². The van der Waals surface area contributed by atoms with Crippen LogP contribution in [0.25, 0.3) is 11.5 Å². The minimum Gasteiger partial charge on any atom is -0.339 e. The predicted octanol–water partition coefficient (Wildman–Crippen LogP) is 2.99. The van der Waals surface area contributed by atoms with Gasteiger partial charge in [-0.1, -0.05) is 5.16 Å². The van der Waals surface area contributed by atoms with Crippen LogP contribution in [0.2, 0.25) is 0 Å². The van der Waals surface area contributed by atoms with Crippen LogP contribution in [0, 0.1) is 5.92 Å². The minimum absolute atomic E-state index is 0.245. The lowest BCUT2D eigenvalue weighted by Gasteiger charge is -2.43. The summed E-state index contributed by atoms with van der Waals surface area (Å²) in [6.07, 6.45) is 7.33. The third kappa shape index (κ3) is 2.05. The fraction of sp³-hybridized carbons (Fsp3) is 0.647. The summed E-state index contributed by atoms with van der Waals surface area (Å²) in [6, 6.07) is 0.383. The van der Waals surface area contributed by atoms with Crippen LogP contribution in [0.5, 0.6) is 0 Å². The van der Waals surface area contributed by atoms with Gasteiger partial charge in [0.2, 0.25) is 11.7 Å². The number of nitrogens with zero attached hydrogens (tertiary/aromatic N) is 6. The summed E-state index contributed by atoms with van der Waals surface area (Å²) in [5.41, 5.74) is 0.816. The minimum atomic E-state index is 0.245. The van der Waals surface area contributed by atoms with Crippen LogP contribution in [-0.2, 0) is 0 Å². The first kappa shape index (κ1) is 14.3. The van der Waals surface area contributed by atoms with Gasteiger partial charge in [-0.15, -0.1) is 11.6 Å². The fourth-order valence-electron chi connectivity index (χ4n) is 4.56. The van der Waals surface area contributed by atoms with Gasteiger partial charge < -0.3 is 14.0 Å². The highest BCUT2D eigenvalue weighted by molar-refractivity contribution is 6.21. The third-order valence-electron chi connectivity index (χ3n) is 5.92. The Labute approximate surface area is 150 Å². The zero-order valence-corrected chi connectivity index (χ0v) is 14.6. The maximum atomic E-state index is 6.46. The van der Waals surface area contributed by atoms with Gasteiger partial charge in [-0.2, -0.15) is 4.98 Å². The molecule has 3 atom stereocenters. The summed E-state index contributed by atoms with van der Waals surface area (Å²) in [7, 11) is 0. The lowest BCUT2D eigenvalue weighted by molar-refractivity contribution is 0.293. The molecule has 2 aromatic rings. The van der Waals surface area contributed by atoms with Crippen molar-refractivity contribution >= 4 is 23.3 Å². The molecule has 0 amide bonds. The Bertz CT molecular complexity index is 868. The number of hydrogen-bond donors (Lipinski definition) is 0. The number of amidine groups is 1. The van der Waals surface area contributed by atoms with Crippen molar-refractivity contribution in [1.29, 1.82) is 0 Å². The summed E-state index contributed by atoms with van der Waals surface area (Å²) >= 11 is 6.46. The summed E-state index contributed by atoms with van der Waals surface area (Å²) in [4.78, 5) is 16.4. The molecular weight excluding hydrogens is 340 g/mol. The van der Waals surface area contributed by atoms with E-state index in [1.165, 1.54) is 5.84 Å². The summed E-state index contributed by atoms with van der Waals surface area (Å²) < 4.78 is 7.76. The molecule has 0 spiro atoms. The van der Waals surface area contributed by atoms with Crippen LogP contribution in [0.4, 0.5) is 5.82 Å². The van der Waals surface area contributed by atoms with E-state index in [9.17, 15) is 0 Å². The van der Waals surface area contributed by atoms with Crippen LogP contribution in [-0.4, -0.2) is 44.0 Å². The lowest BCUT2D eigenvalue weighted by Crippen LogP contribution is -2.46. The molecule has 2 fully saturated rings. The van der Waals surface area contributed by atoms with Crippen molar-refractivity contribution in [3.05, 3.63) is 12.2 Å². The van der Waals surface area contributed by atoms with Gasteiger partial charge in [-0.25, -0.2) is 4.98 Å². The van der Waals surface area contributed by atoms with Gasteiger partial charge in [-0.3, -0.25) is 4.99 Å². The van der Waals surface area contributed by atoms with E-state index in [0.29, 0.717) is 23.7 Å². The number of imidazole rings is 1. The molecule has 0 N–H and O–H groups in total. The molecule has 2 saturated carbocycles. The Balaban J connectivity index is 1.46. The van der Waals surface area contributed by atoms with Crippen LogP contribution < -0.4 is 4.90 Å². The average Bonchev–Trinajstić information content (AvgIpc) is 3.04. The van der Waals surface area contributed by atoms with Gasteiger partial charge in [0.1, 0.15) is 11.7 Å². The van der Waals surface area contributed by atoms with Crippen LogP contribution in [0.3, 0.4) is 0 Å². The number of fused-ring (bicyclic) bond motifs is 6. The van der Waals surface area contributed by atoms with Crippen molar-refractivity contribution in [2.24, 2.45) is 10.9 Å². The number of aromatic nitrogens is 4. The zero-order valence-electron chi connectivity index (χ0n) is 13.8. The Morgan fingerprint density at radius 3 is 3.00 bits per heavy atom. The molecule has 4 aliphatic rings. The SMILES string of the molecule is ClC1CCC2C(C1)C1=NCCN1c1c(-c3noc(C4CC4)n3)ncn12. The van der Waals surface area contributed by atoms with E-state index in [0.717, 1.165) is 62.6 Å². The number of anilines is 1. The van der Waals surface area contributed by atoms with Crippen LogP contribution in [0.15, 0.2) is 15.8 Å². The fourth-order valence-corrected chi connectivity index (χ4v) is 4.88. The molecule has 6 rings (SSSR count). The molecular formula is C17H19ClN6O. The molecule has 0 radical (unpaired) electrons. The molecule has 8 heteroatoms. The smallest absolute Gasteiger partial charge is 0.230 e. The topological polar surface area (TPSA) is 72.3 Å². The molecule has 0 bridgehead atoms. The molecule has 0 saturated heterocycles. The van der Waals surface area contributed by atoms with E-state index in [-0.39, 0.29) is 5.38 Å². The first-order chi connectivity index (χ1) is 12.3. The normalized spacial score (nSPS) is 30.7. The Hall–Kier alpha value is -1.89. The summed E-state index contributed by atoms with van der Waals surface area (Å²) in [5, 5.41) is 4.45. The molecule has 7 nitrogen and oxygen atoms in total. The van der Waals surface area contributed by atoms with E-state index in [1.807, 2.05) is 6.33 Å². The second-order valence-electron chi connectivity index (χ2n) is 7.53. The van der Waals surface area contributed by atoms with Crippen molar-refractivity contribution in [2.75, 3.05) is 18.0 Å². The predicted molar refractivity (Wildman–Crippen MR) is 93.2 cm³/mol. The summed E-state index contributed by atoms with van der Waals surface area (Å²) in [5.74, 6) is 4.45. The van der Waals surface area contributed by atoms with Crippen molar-refractivity contribution in [1.82, 2.24) is 19.7 Å². The maximum absolute atomic E-state index is 6.46. The van der Waals surface area contributed by atoms with Crippen molar-refractivity contribution in [3.8, 4) is 11.5 Å². The highest BCUT2D eigenvalue weighted by Crippen LogP contribution is 2.47. The number of rotatable bonds is 2. The van der Waals surface area contributed by atoms with Gasteiger partial charge in [0.15, 0.2) is 5.69 Å². The van der Waals surface area contributed by atoms with Crippen molar-refractivity contribution in [2.45, 2.75) is 49.4 Å². The van der Waals surface area contributed by atoms with Crippen molar-refractivity contribution < 1.29 is 4.52 Å². The lowest BCUT2D eigenvalue weighted by atomic mass is 9.81. The van der Waals surface area contributed by atoms with Crippen LogP contribution in [0.1, 0.15) is 50.0 Å². The molecule has 2 aromatic heterocycles. The third-order valence-corrected chi connectivity index (χ3v) is 6.31. The first-order valence-electron chi connectivity index (χ1n) is 9.16. The molecule has 3 unspecified atom stereocenters.